The quantitative estimate of drug-likeness (QED) is 0.753. The van der Waals surface area contributed by atoms with Crippen LogP contribution in [0.3, 0.4) is 0 Å². The highest BCUT2D eigenvalue weighted by Gasteiger charge is 2.12. The van der Waals surface area contributed by atoms with Crippen LogP contribution in [0.4, 0.5) is 5.69 Å². The van der Waals surface area contributed by atoms with E-state index in [2.05, 4.69) is 24.9 Å². The van der Waals surface area contributed by atoms with Crippen molar-refractivity contribution in [2.24, 2.45) is 0 Å². The Morgan fingerprint density at radius 3 is 2.52 bits per heavy atom. The van der Waals surface area contributed by atoms with Crippen LogP contribution in [0.2, 0.25) is 0 Å². The van der Waals surface area contributed by atoms with Gasteiger partial charge in [0.2, 0.25) is 0 Å². The molecule has 0 aliphatic carbocycles. The predicted octanol–water partition coefficient (Wildman–Crippen LogP) is 4.73. The van der Waals surface area contributed by atoms with Crippen LogP contribution in [0.25, 0.3) is 10.9 Å². The second-order valence-electron chi connectivity index (χ2n) is 5.35. The molecule has 21 heavy (non-hydrogen) atoms. The summed E-state index contributed by atoms with van der Waals surface area (Å²) < 4.78 is 6.15. The molecule has 0 saturated carbocycles. The molecule has 3 nitrogen and oxygen atoms in total. The molecule has 2 aromatic carbocycles. The fourth-order valence-corrected chi connectivity index (χ4v) is 2.41. The zero-order valence-electron chi connectivity index (χ0n) is 12.2. The first-order valence-electron chi connectivity index (χ1n) is 7.07. The number of nitrogen functional groups attached to an aromatic ring is 1. The van der Waals surface area contributed by atoms with Crippen LogP contribution in [0.15, 0.2) is 54.7 Å². The van der Waals surface area contributed by atoms with Gasteiger partial charge in [0.1, 0.15) is 5.75 Å². The van der Waals surface area contributed by atoms with Crippen LogP contribution in [0, 0.1) is 0 Å². The van der Waals surface area contributed by atoms with Crippen LogP contribution >= 0.6 is 0 Å². The van der Waals surface area contributed by atoms with Crippen LogP contribution in [0.5, 0.6) is 11.5 Å². The summed E-state index contributed by atoms with van der Waals surface area (Å²) >= 11 is 0. The molecule has 0 fully saturated rings. The van der Waals surface area contributed by atoms with Crippen LogP contribution < -0.4 is 10.5 Å². The normalized spacial score (nSPS) is 11.0. The number of rotatable bonds is 3. The van der Waals surface area contributed by atoms with Gasteiger partial charge in [-0.05, 0) is 29.7 Å². The summed E-state index contributed by atoms with van der Waals surface area (Å²) in [5, 5.41) is 0.927. The zero-order chi connectivity index (χ0) is 14.8. The third kappa shape index (κ3) is 2.55. The molecule has 106 valence electrons. The van der Waals surface area contributed by atoms with Gasteiger partial charge >= 0.3 is 0 Å². The zero-order valence-corrected chi connectivity index (χ0v) is 12.2. The molecule has 3 rings (SSSR count). The van der Waals surface area contributed by atoms with Gasteiger partial charge in [-0.2, -0.15) is 0 Å². The number of nitrogens with zero attached hydrogens (tertiary/aromatic N) is 1. The topological polar surface area (TPSA) is 48.1 Å². The number of hydrogen-bond acceptors (Lipinski definition) is 3. The van der Waals surface area contributed by atoms with E-state index in [-0.39, 0.29) is 0 Å². The van der Waals surface area contributed by atoms with Crippen LogP contribution in [-0.4, -0.2) is 4.98 Å². The van der Waals surface area contributed by atoms with E-state index in [1.54, 1.807) is 6.20 Å². The van der Waals surface area contributed by atoms with Gasteiger partial charge in [-0.3, -0.25) is 4.98 Å². The molecule has 0 amide bonds. The number of aromatic nitrogens is 1. The Morgan fingerprint density at radius 1 is 1.00 bits per heavy atom. The second kappa shape index (κ2) is 5.44. The van der Waals surface area contributed by atoms with Gasteiger partial charge < -0.3 is 10.5 Å². The Morgan fingerprint density at radius 2 is 1.71 bits per heavy atom. The van der Waals surface area contributed by atoms with Crippen LogP contribution in [-0.2, 0) is 0 Å². The molecule has 0 radical (unpaired) electrons. The molecular weight excluding hydrogens is 260 g/mol. The highest BCUT2D eigenvalue weighted by molar-refractivity contribution is 5.89. The average Bonchev–Trinajstić information content (AvgIpc) is 2.50. The standard InChI is InChI=1S/C18H18N2O/c1-12(2)13-7-4-6-10-17(13)21-18-14-8-3-5-9-16(14)20-11-15(18)19/h3-12H,19H2,1-2H3. The van der Waals surface area contributed by atoms with Gasteiger partial charge in [-0.15, -0.1) is 0 Å². The molecule has 0 unspecified atom stereocenters. The van der Waals surface area contributed by atoms with Crippen molar-refractivity contribution in [2.45, 2.75) is 19.8 Å². The lowest BCUT2D eigenvalue weighted by molar-refractivity contribution is 0.480. The minimum Gasteiger partial charge on any atom is -0.454 e. The minimum atomic E-state index is 0.385. The van der Waals surface area contributed by atoms with Crippen molar-refractivity contribution in [3.63, 3.8) is 0 Å². The van der Waals surface area contributed by atoms with E-state index in [4.69, 9.17) is 10.5 Å². The molecule has 0 bridgehead atoms. The molecule has 2 N–H and O–H groups in total. The summed E-state index contributed by atoms with van der Waals surface area (Å²) in [7, 11) is 0. The summed E-state index contributed by atoms with van der Waals surface area (Å²) in [6.45, 7) is 4.30. The lowest BCUT2D eigenvalue weighted by atomic mass is 10.0. The Hall–Kier alpha value is -2.55. The Kier molecular flexibility index (Phi) is 3.48. The van der Waals surface area contributed by atoms with Gasteiger partial charge in [-0.25, -0.2) is 0 Å². The minimum absolute atomic E-state index is 0.385. The third-order valence-corrected chi connectivity index (χ3v) is 3.51. The highest BCUT2D eigenvalue weighted by Crippen LogP contribution is 2.37. The van der Waals surface area contributed by atoms with Crippen molar-refractivity contribution < 1.29 is 4.74 Å². The average molecular weight is 278 g/mol. The Balaban J connectivity index is 2.12. The summed E-state index contributed by atoms with van der Waals surface area (Å²) in [6.07, 6.45) is 1.65. The monoisotopic (exact) mass is 278 g/mol. The summed E-state index contributed by atoms with van der Waals surface area (Å²) in [4.78, 5) is 4.34. The lowest BCUT2D eigenvalue weighted by Gasteiger charge is -2.16. The van der Waals surface area contributed by atoms with Gasteiger partial charge in [-0.1, -0.05) is 44.2 Å². The second-order valence-corrected chi connectivity index (χ2v) is 5.35. The summed E-state index contributed by atoms with van der Waals surface area (Å²) in [6, 6.07) is 15.9. The third-order valence-electron chi connectivity index (χ3n) is 3.51. The number of anilines is 1. The van der Waals surface area contributed by atoms with E-state index in [1.165, 1.54) is 0 Å². The fraction of sp³-hybridized carbons (Fsp3) is 0.167. The first-order chi connectivity index (χ1) is 10.2. The molecular formula is C18H18N2O. The SMILES string of the molecule is CC(C)c1ccccc1Oc1c(N)cnc2ccccc12. The van der Waals surface area contributed by atoms with Gasteiger partial charge in [0.05, 0.1) is 17.4 Å². The largest absolute Gasteiger partial charge is 0.454 e. The molecule has 0 spiro atoms. The Bertz CT molecular complexity index is 781. The molecule has 3 aromatic rings. The maximum Gasteiger partial charge on any atom is 0.161 e. The molecule has 0 saturated heterocycles. The number of benzene rings is 2. The number of pyridine rings is 1. The maximum atomic E-state index is 6.15. The van der Waals surface area contributed by atoms with Crippen molar-refractivity contribution in [1.29, 1.82) is 0 Å². The molecule has 3 heteroatoms. The van der Waals surface area contributed by atoms with Crippen molar-refractivity contribution in [2.75, 3.05) is 5.73 Å². The number of nitrogens with two attached hydrogens (primary N) is 1. The maximum absolute atomic E-state index is 6.15. The molecule has 0 aliphatic rings. The summed E-state index contributed by atoms with van der Waals surface area (Å²) in [5.74, 6) is 1.90. The smallest absolute Gasteiger partial charge is 0.161 e. The van der Waals surface area contributed by atoms with E-state index in [0.717, 1.165) is 22.2 Å². The molecule has 0 aliphatic heterocycles. The predicted molar refractivity (Wildman–Crippen MR) is 86.8 cm³/mol. The first-order valence-corrected chi connectivity index (χ1v) is 7.07. The number of para-hydroxylation sites is 2. The molecule has 1 aromatic heterocycles. The van der Waals surface area contributed by atoms with Gasteiger partial charge in [0, 0.05) is 5.39 Å². The fourth-order valence-electron chi connectivity index (χ4n) is 2.41. The van der Waals surface area contributed by atoms with Crippen LogP contribution in [0.1, 0.15) is 25.3 Å². The highest BCUT2D eigenvalue weighted by atomic mass is 16.5. The lowest BCUT2D eigenvalue weighted by Crippen LogP contribution is -1.98. The van der Waals surface area contributed by atoms with Crippen molar-refractivity contribution >= 4 is 16.6 Å². The van der Waals surface area contributed by atoms with Crippen molar-refractivity contribution in [3.8, 4) is 11.5 Å². The van der Waals surface area contributed by atoms with E-state index in [0.29, 0.717) is 17.4 Å². The van der Waals surface area contributed by atoms with Crippen molar-refractivity contribution in [3.05, 3.63) is 60.3 Å². The van der Waals surface area contributed by atoms with E-state index < -0.39 is 0 Å². The number of fused-ring (bicyclic) bond motifs is 1. The number of ether oxygens (including phenoxy) is 1. The van der Waals surface area contributed by atoms with E-state index in [1.807, 2.05) is 42.5 Å². The van der Waals surface area contributed by atoms with E-state index in [9.17, 15) is 0 Å². The van der Waals surface area contributed by atoms with Gasteiger partial charge in [0.25, 0.3) is 0 Å². The first kappa shape index (κ1) is 13.4. The van der Waals surface area contributed by atoms with Gasteiger partial charge in [0.15, 0.2) is 5.75 Å². The number of hydrogen-bond donors (Lipinski definition) is 1. The molecule has 0 atom stereocenters. The van der Waals surface area contributed by atoms with Crippen molar-refractivity contribution in [1.82, 2.24) is 4.98 Å². The summed E-state index contributed by atoms with van der Waals surface area (Å²) in [5.41, 5.74) is 8.66. The molecule has 1 heterocycles. The Labute approximate surface area is 124 Å². The van der Waals surface area contributed by atoms with E-state index >= 15 is 0 Å².